The molecule has 218 valence electrons. The van der Waals surface area contributed by atoms with E-state index >= 15 is 0 Å². The Hall–Kier alpha value is -2.05. The van der Waals surface area contributed by atoms with E-state index in [0.29, 0.717) is 25.8 Å². The molecule has 0 aliphatic carbocycles. The first kappa shape index (κ1) is 29.4. The van der Waals surface area contributed by atoms with Gasteiger partial charge in [-0.3, -0.25) is 9.69 Å². The Kier molecular flexibility index (Phi) is 8.87. The second-order valence-corrected chi connectivity index (χ2v) is 11.9. The van der Waals surface area contributed by atoms with Crippen molar-refractivity contribution in [3.63, 3.8) is 0 Å². The number of carbonyl (C=O) groups is 1. The summed E-state index contributed by atoms with van der Waals surface area (Å²) in [4.78, 5) is 19.5. The zero-order valence-electron chi connectivity index (χ0n) is 22.4. The first-order valence-electron chi connectivity index (χ1n) is 13.6. The van der Waals surface area contributed by atoms with Crippen molar-refractivity contribution in [1.82, 2.24) is 14.7 Å². The molecule has 0 aromatic heterocycles. The number of likely N-dealkylation sites (tertiary alicyclic amines) is 2. The number of nitrogens with zero attached hydrogens (tertiary/aromatic N) is 3. The van der Waals surface area contributed by atoms with E-state index in [1.807, 2.05) is 0 Å². The van der Waals surface area contributed by atoms with Crippen molar-refractivity contribution in [3.05, 3.63) is 69.4 Å². The fourth-order valence-electron chi connectivity index (χ4n) is 5.92. The molecule has 2 aromatic rings. The third-order valence-corrected chi connectivity index (χ3v) is 8.73. The summed E-state index contributed by atoms with van der Waals surface area (Å²) in [6, 6.07) is 9.95. The van der Waals surface area contributed by atoms with E-state index in [1.165, 1.54) is 23.1 Å². The number of benzene rings is 2. The zero-order valence-corrected chi connectivity index (χ0v) is 24.0. The highest BCUT2D eigenvalue weighted by atomic mass is 79.9. The third-order valence-electron chi connectivity index (χ3n) is 8.28. The van der Waals surface area contributed by atoms with E-state index in [4.69, 9.17) is 9.47 Å². The molecular formula is C29H34BrF4N3O3. The van der Waals surface area contributed by atoms with E-state index in [1.54, 1.807) is 19.2 Å². The Labute approximate surface area is 240 Å². The summed E-state index contributed by atoms with van der Waals surface area (Å²) in [7, 11) is 1.59. The Morgan fingerprint density at radius 2 is 1.75 bits per heavy atom. The van der Waals surface area contributed by atoms with Gasteiger partial charge in [-0.25, -0.2) is 4.39 Å². The Morgan fingerprint density at radius 1 is 1.10 bits per heavy atom. The average Bonchev–Trinajstić information content (AvgIpc) is 3.35. The van der Waals surface area contributed by atoms with Crippen LogP contribution in [0.5, 0.6) is 0 Å². The summed E-state index contributed by atoms with van der Waals surface area (Å²) in [5.41, 5.74) is -0.0289. The molecule has 3 heterocycles. The van der Waals surface area contributed by atoms with Crippen LogP contribution in [0.15, 0.2) is 46.9 Å². The van der Waals surface area contributed by atoms with Gasteiger partial charge >= 0.3 is 6.18 Å². The van der Waals surface area contributed by atoms with Crippen LogP contribution < -0.4 is 0 Å². The molecule has 3 saturated heterocycles. The minimum Gasteiger partial charge on any atom is -0.347 e. The normalized spacial score (nSPS) is 20.9. The van der Waals surface area contributed by atoms with Gasteiger partial charge in [-0.05, 0) is 48.9 Å². The van der Waals surface area contributed by atoms with Gasteiger partial charge < -0.3 is 19.3 Å². The summed E-state index contributed by atoms with van der Waals surface area (Å²) in [6.45, 7) is 6.26. The Bertz CT molecular complexity index is 1170. The van der Waals surface area contributed by atoms with Crippen molar-refractivity contribution in [3.8, 4) is 0 Å². The molecule has 0 radical (unpaired) electrons. The van der Waals surface area contributed by atoms with Crippen LogP contribution in [-0.2, 0) is 15.7 Å². The van der Waals surface area contributed by atoms with E-state index < -0.39 is 17.6 Å². The minimum absolute atomic E-state index is 0.0376. The maximum atomic E-state index is 13.6. The van der Waals surface area contributed by atoms with Crippen molar-refractivity contribution >= 4 is 21.8 Å². The largest absolute Gasteiger partial charge is 0.416 e. The van der Waals surface area contributed by atoms with Gasteiger partial charge in [0.25, 0.3) is 5.91 Å². The van der Waals surface area contributed by atoms with Crippen LogP contribution in [0.2, 0.25) is 0 Å². The maximum absolute atomic E-state index is 13.6. The molecular weight excluding hydrogens is 594 g/mol. The second-order valence-electron chi connectivity index (χ2n) is 11.0. The molecule has 1 atom stereocenters. The van der Waals surface area contributed by atoms with Crippen LogP contribution in [0, 0.1) is 5.82 Å². The van der Waals surface area contributed by atoms with Gasteiger partial charge in [0.05, 0.1) is 18.8 Å². The standard InChI is InChI=1S/C29H34BrF4N3O3/c1-35(27(38)22-14-23(29(32,33)34)16-24(30)15-22)17-21(20-2-4-25(31)5-3-20)6-9-36-18-26(19-36)37-10-7-28(8-11-37)39-12-13-40-28/h2-5,14-16,21,26H,6-13,17-19H2,1H3/t21-/m1/s1. The molecule has 1 spiro atoms. The van der Waals surface area contributed by atoms with Crippen molar-refractivity contribution in [2.75, 3.05) is 59.5 Å². The molecule has 3 fully saturated rings. The van der Waals surface area contributed by atoms with Gasteiger partial charge in [0.1, 0.15) is 5.82 Å². The average molecular weight is 629 g/mol. The molecule has 2 aromatic carbocycles. The fraction of sp³-hybridized carbons (Fsp3) is 0.552. The number of carbonyl (C=O) groups excluding carboxylic acids is 1. The molecule has 0 N–H and O–H groups in total. The molecule has 3 aliphatic heterocycles. The van der Waals surface area contributed by atoms with Crippen molar-refractivity contribution in [2.45, 2.75) is 43.2 Å². The van der Waals surface area contributed by atoms with Crippen LogP contribution in [0.4, 0.5) is 17.6 Å². The molecule has 1 amide bonds. The fourth-order valence-corrected chi connectivity index (χ4v) is 6.41. The van der Waals surface area contributed by atoms with Crippen LogP contribution in [0.25, 0.3) is 0 Å². The predicted molar refractivity (Wildman–Crippen MR) is 146 cm³/mol. The maximum Gasteiger partial charge on any atom is 0.416 e. The van der Waals surface area contributed by atoms with E-state index in [9.17, 15) is 22.4 Å². The summed E-state index contributed by atoms with van der Waals surface area (Å²) < 4.78 is 65.4. The highest BCUT2D eigenvalue weighted by Gasteiger charge is 2.43. The van der Waals surface area contributed by atoms with Gasteiger partial charge in [-0.15, -0.1) is 0 Å². The molecule has 0 bridgehead atoms. The number of amides is 1. The minimum atomic E-state index is -4.56. The number of piperidine rings is 1. The lowest BCUT2D eigenvalue weighted by atomic mass is 9.93. The molecule has 11 heteroatoms. The summed E-state index contributed by atoms with van der Waals surface area (Å²) in [6.07, 6.45) is -2.05. The van der Waals surface area contributed by atoms with Gasteiger partial charge in [-0.2, -0.15) is 13.2 Å². The number of alkyl halides is 3. The topological polar surface area (TPSA) is 45.2 Å². The second kappa shape index (κ2) is 12.1. The highest BCUT2D eigenvalue weighted by molar-refractivity contribution is 9.10. The third kappa shape index (κ3) is 6.87. The van der Waals surface area contributed by atoms with Gasteiger partial charge in [0.15, 0.2) is 5.79 Å². The quantitative estimate of drug-likeness (QED) is 0.368. The first-order valence-corrected chi connectivity index (χ1v) is 14.4. The molecule has 0 unspecified atom stereocenters. The van der Waals surface area contributed by atoms with Crippen LogP contribution in [0.3, 0.4) is 0 Å². The van der Waals surface area contributed by atoms with E-state index in [-0.39, 0.29) is 27.6 Å². The van der Waals surface area contributed by atoms with Gasteiger partial charge in [-0.1, -0.05) is 28.1 Å². The predicted octanol–water partition coefficient (Wildman–Crippen LogP) is 5.38. The lowest BCUT2D eigenvalue weighted by molar-refractivity contribution is -0.191. The number of ether oxygens (including phenoxy) is 2. The van der Waals surface area contributed by atoms with Crippen molar-refractivity contribution < 1.29 is 31.8 Å². The molecule has 3 aliphatic rings. The lowest BCUT2D eigenvalue weighted by Gasteiger charge is -2.49. The summed E-state index contributed by atoms with van der Waals surface area (Å²) in [5, 5.41) is 0. The van der Waals surface area contributed by atoms with Crippen LogP contribution in [0.1, 0.15) is 46.7 Å². The van der Waals surface area contributed by atoms with Gasteiger partial charge in [0.2, 0.25) is 0 Å². The SMILES string of the molecule is CN(C[C@@H](CCN1CC(N2CCC3(CC2)OCCO3)C1)c1ccc(F)cc1)C(=O)c1cc(Br)cc(C(F)(F)F)c1. The Morgan fingerprint density at radius 3 is 2.38 bits per heavy atom. The van der Waals surface area contributed by atoms with Crippen LogP contribution in [-0.4, -0.2) is 92.0 Å². The number of rotatable bonds is 8. The van der Waals surface area contributed by atoms with E-state index in [2.05, 4.69) is 25.7 Å². The molecule has 0 saturated carbocycles. The Balaban J connectivity index is 1.18. The highest BCUT2D eigenvalue weighted by Crippen LogP contribution is 2.34. The molecule has 40 heavy (non-hydrogen) atoms. The van der Waals surface area contributed by atoms with Gasteiger partial charge in [0, 0.05) is 74.6 Å². The monoisotopic (exact) mass is 627 g/mol. The van der Waals surface area contributed by atoms with Crippen LogP contribution >= 0.6 is 15.9 Å². The summed E-state index contributed by atoms with van der Waals surface area (Å²) in [5.74, 6) is -1.32. The first-order chi connectivity index (χ1) is 19.0. The van der Waals surface area contributed by atoms with Crippen molar-refractivity contribution in [2.24, 2.45) is 0 Å². The van der Waals surface area contributed by atoms with E-state index in [0.717, 1.165) is 69.7 Å². The number of hydrogen-bond acceptors (Lipinski definition) is 5. The number of halogens is 5. The lowest BCUT2D eigenvalue weighted by Crippen LogP contribution is -2.62. The molecule has 6 nitrogen and oxygen atoms in total. The smallest absolute Gasteiger partial charge is 0.347 e. The molecule has 5 rings (SSSR count). The number of likely N-dealkylation sites (N-methyl/N-ethyl adjacent to an activating group) is 1. The summed E-state index contributed by atoms with van der Waals surface area (Å²) >= 11 is 3.09. The number of hydrogen-bond donors (Lipinski definition) is 0. The van der Waals surface area contributed by atoms with Crippen molar-refractivity contribution in [1.29, 1.82) is 0 Å². The zero-order chi connectivity index (χ0) is 28.5.